The molecule has 4 aromatic rings. The van der Waals surface area contributed by atoms with Crippen molar-refractivity contribution < 1.29 is 8.42 Å². The molecule has 1 saturated heterocycles. The molecule has 0 saturated carbocycles. The van der Waals surface area contributed by atoms with E-state index in [4.69, 9.17) is 4.98 Å². The first-order valence-electron chi connectivity index (χ1n) is 10.6. The number of thiophene rings is 1. The maximum Gasteiger partial charge on any atom is 0.229 e. The van der Waals surface area contributed by atoms with Crippen LogP contribution in [0.25, 0.3) is 21.3 Å². The van der Waals surface area contributed by atoms with Gasteiger partial charge in [0.15, 0.2) is 0 Å². The highest BCUT2D eigenvalue weighted by Crippen LogP contribution is 2.34. The fourth-order valence-electron chi connectivity index (χ4n) is 3.87. The second-order valence-electron chi connectivity index (χ2n) is 7.92. The van der Waals surface area contributed by atoms with Gasteiger partial charge in [-0.3, -0.25) is 4.72 Å². The summed E-state index contributed by atoms with van der Waals surface area (Å²) in [6.45, 7) is 4.02. The quantitative estimate of drug-likeness (QED) is 0.385. The van der Waals surface area contributed by atoms with E-state index < -0.39 is 10.0 Å². The third kappa shape index (κ3) is 5.08. The summed E-state index contributed by atoms with van der Waals surface area (Å²) in [5.74, 6) is 0.516. The zero-order chi connectivity index (χ0) is 22.8. The van der Waals surface area contributed by atoms with Crippen LogP contribution in [0.5, 0.6) is 0 Å². The van der Waals surface area contributed by atoms with E-state index in [1.807, 2.05) is 41.9 Å². The standard InChI is InChI=1S/C23H24N6O2S2/c1-33(30,31)28-18-4-2-3-16(13-18)20-15-32-21-14-25-23(27-22(20)21)26-17-5-7-19(8-6-17)29-11-9-24-10-12-29/h2-8,13-15,24,28H,9-12H2,1H3,(H,25,26,27). The topological polar surface area (TPSA) is 99.2 Å². The van der Waals surface area contributed by atoms with E-state index >= 15 is 0 Å². The smallest absolute Gasteiger partial charge is 0.229 e. The molecule has 8 nitrogen and oxygen atoms in total. The number of anilines is 4. The first-order valence-corrected chi connectivity index (χ1v) is 13.4. The predicted molar refractivity (Wildman–Crippen MR) is 136 cm³/mol. The molecule has 0 amide bonds. The van der Waals surface area contributed by atoms with Gasteiger partial charge >= 0.3 is 0 Å². The Bertz CT molecular complexity index is 1380. The van der Waals surface area contributed by atoms with Crippen molar-refractivity contribution in [1.29, 1.82) is 0 Å². The largest absolute Gasteiger partial charge is 0.369 e. The molecule has 10 heteroatoms. The second-order valence-corrected chi connectivity index (χ2v) is 10.6. The molecule has 1 aliphatic rings. The van der Waals surface area contributed by atoms with E-state index in [0.717, 1.165) is 59.5 Å². The minimum Gasteiger partial charge on any atom is -0.369 e. The molecule has 0 radical (unpaired) electrons. The molecule has 33 heavy (non-hydrogen) atoms. The molecule has 1 aliphatic heterocycles. The summed E-state index contributed by atoms with van der Waals surface area (Å²) in [6, 6.07) is 15.6. The number of hydrogen-bond donors (Lipinski definition) is 3. The van der Waals surface area contributed by atoms with Crippen LogP contribution in [-0.4, -0.2) is 50.8 Å². The molecule has 2 aromatic carbocycles. The van der Waals surface area contributed by atoms with Crippen LogP contribution < -0.4 is 20.3 Å². The molecule has 170 valence electrons. The van der Waals surface area contributed by atoms with E-state index in [2.05, 4.69) is 37.4 Å². The summed E-state index contributed by atoms with van der Waals surface area (Å²) < 4.78 is 26.7. The maximum atomic E-state index is 11.6. The van der Waals surface area contributed by atoms with Crippen molar-refractivity contribution >= 4 is 54.6 Å². The zero-order valence-corrected chi connectivity index (χ0v) is 19.7. The van der Waals surface area contributed by atoms with E-state index in [1.165, 1.54) is 5.69 Å². The Balaban J connectivity index is 1.39. The molecular formula is C23H24N6O2S2. The molecule has 3 heterocycles. The molecule has 0 unspecified atom stereocenters. The summed E-state index contributed by atoms with van der Waals surface area (Å²) in [5.41, 5.74) is 5.30. The zero-order valence-electron chi connectivity index (χ0n) is 18.1. The maximum absolute atomic E-state index is 11.6. The van der Waals surface area contributed by atoms with Gasteiger partial charge in [0, 0.05) is 54.2 Å². The Morgan fingerprint density at radius 3 is 2.61 bits per heavy atom. The number of nitrogens with zero attached hydrogens (tertiary/aromatic N) is 3. The third-order valence-electron chi connectivity index (χ3n) is 5.40. The lowest BCUT2D eigenvalue weighted by molar-refractivity contribution is 0.589. The molecule has 2 aromatic heterocycles. The SMILES string of the molecule is CS(=O)(=O)Nc1cccc(-c2csc3cnc(Nc4ccc(N5CCNCC5)cc4)nc23)c1. The number of fused-ring (bicyclic) bond motifs is 1. The first kappa shape index (κ1) is 21.6. The molecule has 0 aliphatic carbocycles. The highest BCUT2D eigenvalue weighted by Gasteiger charge is 2.13. The van der Waals surface area contributed by atoms with Crippen molar-refractivity contribution in [2.75, 3.05) is 47.4 Å². The van der Waals surface area contributed by atoms with Crippen LogP contribution in [0.1, 0.15) is 0 Å². The monoisotopic (exact) mass is 480 g/mol. The van der Waals surface area contributed by atoms with Crippen molar-refractivity contribution in [2.24, 2.45) is 0 Å². The van der Waals surface area contributed by atoms with Gasteiger partial charge in [0.25, 0.3) is 0 Å². The van der Waals surface area contributed by atoms with E-state index in [-0.39, 0.29) is 0 Å². The van der Waals surface area contributed by atoms with Gasteiger partial charge in [-0.05, 0) is 42.0 Å². The highest BCUT2D eigenvalue weighted by atomic mass is 32.2. The predicted octanol–water partition coefficient (Wildman–Crippen LogP) is 3.88. The van der Waals surface area contributed by atoms with Crippen LogP contribution in [0.15, 0.2) is 60.1 Å². The molecule has 0 atom stereocenters. The molecule has 5 rings (SSSR count). The lowest BCUT2D eigenvalue weighted by Gasteiger charge is -2.29. The Morgan fingerprint density at radius 2 is 1.85 bits per heavy atom. The summed E-state index contributed by atoms with van der Waals surface area (Å²) in [5, 5.41) is 8.69. The minimum absolute atomic E-state index is 0.516. The van der Waals surface area contributed by atoms with Crippen molar-refractivity contribution in [3.8, 4) is 11.1 Å². The number of sulfonamides is 1. The van der Waals surface area contributed by atoms with Gasteiger partial charge in [0.05, 0.1) is 22.7 Å². The lowest BCUT2D eigenvalue weighted by Crippen LogP contribution is -2.43. The van der Waals surface area contributed by atoms with Gasteiger partial charge < -0.3 is 15.5 Å². The van der Waals surface area contributed by atoms with E-state index in [9.17, 15) is 8.42 Å². The molecule has 0 bridgehead atoms. The van der Waals surface area contributed by atoms with Crippen LogP contribution >= 0.6 is 11.3 Å². The first-order chi connectivity index (χ1) is 15.9. The second kappa shape index (κ2) is 8.97. The number of benzene rings is 2. The Labute approximate surface area is 196 Å². The molecule has 1 fully saturated rings. The Morgan fingerprint density at radius 1 is 1.06 bits per heavy atom. The fraction of sp³-hybridized carbons (Fsp3) is 0.217. The highest BCUT2D eigenvalue weighted by molar-refractivity contribution is 7.92. The fourth-order valence-corrected chi connectivity index (χ4v) is 5.29. The van der Waals surface area contributed by atoms with Crippen LogP contribution in [0.3, 0.4) is 0 Å². The van der Waals surface area contributed by atoms with Crippen LogP contribution in [0.4, 0.5) is 23.0 Å². The van der Waals surface area contributed by atoms with Gasteiger partial charge in [-0.15, -0.1) is 11.3 Å². The molecule has 0 spiro atoms. The Hall–Kier alpha value is -3.21. The minimum atomic E-state index is -3.35. The number of hydrogen-bond acceptors (Lipinski definition) is 8. The summed E-state index contributed by atoms with van der Waals surface area (Å²) in [7, 11) is -3.35. The van der Waals surface area contributed by atoms with Gasteiger partial charge in [-0.1, -0.05) is 12.1 Å². The van der Waals surface area contributed by atoms with Crippen molar-refractivity contribution in [1.82, 2.24) is 15.3 Å². The van der Waals surface area contributed by atoms with Crippen molar-refractivity contribution in [3.63, 3.8) is 0 Å². The van der Waals surface area contributed by atoms with E-state index in [0.29, 0.717) is 11.6 Å². The molecule has 3 N–H and O–H groups in total. The van der Waals surface area contributed by atoms with Gasteiger partial charge in [-0.25, -0.2) is 18.4 Å². The third-order valence-corrected chi connectivity index (χ3v) is 6.91. The number of aromatic nitrogens is 2. The van der Waals surface area contributed by atoms with Crippen LogP contribution in [0, 0.1) is 0 Å². The summed E-state index contributed by atoms with van der Waals surface area (Å²) >= 11 is 1.56. The number of rotatable bonds is 6. The van der Waals surface area contributed by atoms with Crippen molar-refractivity contribution in [3.05, 3.63) is 60.1 Å². The van der Waals surface area contributed by atoms with Crippen LogP contribution in [0.2, 0.25) is 0 Å². The summed E-state index contributed by atoms with van der Waals surface area (Å²) in [6.07, 6.45) is 2.95. The van der Waals surface area contributed by atoms with Crippen LogP contribution in [-0.2, 0) is 10.0 Å². The number of piperazine rings is 1. The molecular weight excluding hydrogens is 456 g/mol. The average molecular weight is 481 g/mol. The van der Waals surface area contributed by atoms with Crippen molar-refractivity contribution in [2.45, 2.75) is 0 Å². The normalized spacial score (nSPS) is 14.4. The Kier molecular flexibility index (Phi) is 5.88. The van der Waals surface area contributed by atoms with Gasteiger partial charge in [0.1, 0.15) is 0 Å². The van der Waals surface area contributed by atoms with E-state index in [1.54, 1.807) is 17.4 Å². The average Bonchev–Trinajstić information content (AvgIpc) is 3.23. The summed E-state index contributed by atoms with van der Waals surface area (Å²) in [4.78, 5) is 11.6. The van der Waals surface area contributed by atoms with Gasteiger partial charge in [-0.2, -0.15) is 0 Å². The number of nitrogens with one attached hydrogen (secondary N) is 3. The van der Waals surface area contributed by atoms with Gasteiger partial charge in [0.2, 0.25) is 16.0 Å². The lowest BCUT2D eigenvalue weighted by atomic mass is 10.1.